The summed E-state index contributed by atoms with van der Waals surface area (Å²) in [6, 6.07) is 0. The molecule has 1 rings (SSSR count). The van der Waals surface area contributed by atoms with Crippen molar-refractivity contribution >= 4 is 12.6 Å². The molecule has 0 aromatic heterocycles. The Balaban J connectivity index is 2.19. The molecular weight excluding hydrogens is 234 g/mol. The first-order valence-corrected chi connectivity index (χ1v) is 7.23. The van der Waals surface area contributed by atoms with Gasteiger partial charge in [0.1, 0.15) is 0 Å². The lowest BCUT2D eigenvalue weighted by Crippen LogP contribution is -2.44. The van der Waals surface area contributed by atoms with Crippen molar-refractivity contribution in [2.24, 2.45) is 0 Å². The Morgan fingerprint density at radius 3 is 1.82 bits per heavy atom. The molecule has 0 amide bonds. The van der Waals surface area contributed by atoms with Gasteiger partial charge in [0, 0.05) is 51.8 Å². The molecule has 0 spiro atoms. The van der Waals surface area contributed by atoms with E-state index in [9.17, 15) is 0 Å². The molecule has 0 atom stereocenters. The van der Waals surface area contributed by atoms with Gasteiger partial charge in [0.2, 0.25) is 0 Å². The maximum atomic E-state index is 4.29. The molecule has 0 aliphatic carbocycles. The van der Waals surface area contributed by atoms with Crippen LogP contribution in [0.1, 0.15) is 6.42 Å². The van der Waals surface area contributed by atoms with Gasteiger partial charge in [-0.3, -0.25) is 4.90 Å². The van der Waals surface area contributed by atoms with Crippen LogP contribution in [0.15, 0.2) is 0 Å². The van der Waals surface area contributed by atoms with Gasteiger partial charge in [0.05, 0.1) is 0 Å². The lowest BCUT2D eigenvalue weighted by atomic mass is 10.4. The number of nitrogens with one attached hydrogen (secondary N) is 4. The van der Waals surface area contributed by atoms with Crippen molar-refractivity contribution in [2.45, 2.75) is 6.42 Å². The largest absolute Gasteiger partial charge is 0.315 e. The molecule has 1 aliphatic heterocycles. The molecule has 5 nitrogen and oxygen atoms in total. The Labute approximate surface area is 110 Å². The second kappa shape index (κ2) is 11.3. The molecule has 1 fully saturated rings. The van der Waals surface area contributed by atoms with Gasteiger partial charge < -0.3 is 21.3 Å². The van der Waals surface area contributed by atoms with E-state index in [1.54, 1.807) is 0 Å². The molecule has 0 bridgehead atoms. The normalized spacial score (nSPS) is 23.1. The number of nitrogens with zero attached hydrogens (tertiary/aromatic N) is 1. The standard InChI is InChI=1S/C11H27N5S/c17-9-8-16-10-14-6-4-12-2-1-3-13-5-7-15-11-16/h12-15,17H,1-11H2. The van der Waals surface area contributed by atoms with Crippen molar-refractivity contribution in [3.63, 3.8) is 0 Å². The fourth-order valence-corrected chi connectivity index (χ4v) is 2.05. The number of thiol groups is 1. The Morgan fingerprint density at radius 2 is 1.29 bits per heavy atom. The first kappa shape index (κ1) is 15.2. The van der Waals surface area contributed by atoms with E-state index in [1.165, 1.54) is 6.42 Å². The van der Waals surface area contributed by atoms with Crippen LogP contribution in [0.3, 0.4) is 0 Å². The molecule has 0 radical (unpaired) electrons. The Kier molecular flexibility index (Phi) is 10.1. The lowest BCUT2D eigenvalue weighted by molar-refractivity contribution is 0.247. The van der Waals surface area contributed by atoms with Gasteiger partial charge in [-0.1, -0.05) is 0 Å². The molecule has 102 valence electrons. The van der Waals surface area contributed by atoms with Crippen LogP contribution in [-0.2, 0) is 0 Å². The molecule has 1 heterocycles. The molecule has 0 saturated carbocycles. The van der Waals surface area contributed by atoms with E-state index in [4.69, 9.17) is 0 Å². The van der Waals surface area contributed by atoms with Crippen LogP contribution in [0.2, 0.25) is 0 Å². The highest BCUT2D eigenvalue weighted by atomic mass is 32.1. The summed E-state index contributed by atoms with van der Waals surface area (Å²) >= 11 is 4.29. The van der Waals surface area contributed by atoms with E-state index in [2.05, 4.69) is 38.8 Å². The molecular formula is C11H27N5S. The summed E-state index contributed by atoms with van der Waals surface area (Å²) in [6.45, 7) is 9.22. The zero-order valence-electron chi connectivity index (χ0n) is 10.7. The zero-order chi connectivity index (χ0) is 12.2. The van der Waals surface area contributed by atoms with Gasteiger partial charge >= 0.3 is 0 Å². The van der Waals surface area contributed by atoms with E-state index < -0.39 is 0 Å². The zero-order valence-corrected chi connectivity index (χ0v) is 11.6. The smallest absolute Gasteiger partial charge is 0.0493 e. The van der Waals surface area contributed by atoms with E-state index >= 15 is 0 Å². The van der Waals surface area contributed by atoms with Crippen LogP contribution >= 0.6 is 12.6 Å². The Bertz CT molecular complexity index is 156. The third-order valence-electron chi connectivity index (χ3n) is 2.75. The second-order valence-corrected chi connectivity index (χ2v) is 4.74. The van der Waals surface area contributed by atoms with Crippen molar-refractivity contribution in [1.82, 2.24) is 26.2 Å². The van der Waals surface area contributed by atoms with E-state index in [0.29, 0.717) is 0 Å². The Morgan fingerprint density at radius 1 is 0.765 bits per heavy atom. The molecule has 4 N–H and O–H groups in total. The Hall–Kier alpha value is 0.150. The predicted molar refractivity (Wildman–Crippen MR) is 76.7 cm³/mol. The van der Waals surface area contributed by atoms with Crippen molar-refractivity contribution in [3.05, 3.63) is 0 Å². The summed E-state index contributed by atoms with van der Waals surface area (Å²) in [5.41, 5.74) is 0. The van der Waals surface area contributed by atoms with Crippen LogP contribution in [-0.4, -0.2) is 69.8 Å². The SMILES string of the molecule is SCCN1CNCCNCCCNCCNC1. The molecule has 0 aromatic carbocycles. The second-order valence-electron chi connectivity index (χ2n) is 4.29. The maximum absolute atomic E-state index is 4.29. The third kappa shape index (κ3) is 8.82. The van der Waals surface area contributed by atoms with E-state index in [-0.39, 0.29) is 0 Å². The lowest BCUT2D eigenvalue weighted by Gasteiger charge is -2.23. The van der Waals surface area contributed by atoms with Crippen molar-refractivity contribution in [2.75, 3.05) is 64.9 Å². The predicted octanol–water partition coefficient (Wildman–Crippen LogP) is -1.10. The van der Waals surface area contributed by atoms with Gasteiger partial charge in [0.25, 0.3) is 0 Å². The number of hydrogen-bond acceptors (Lipinski definition) is 6. The highest BCUT2D eigenvalue weighted by Crippen LogP contribution is 1.85. The molecule has 1 saturated heterocycles. The average molecular weight is 261 g/mol. The summed E-state index contributed by atoms with van der Waals surface area (Å²) in [7, 11) is 0. The summed E-state index contributed by atoms with van der Waals surface area (Å²) < 4.78 is 0. The van der Waals surface area contributed by atoms with Crippen LogP contribution in [0, 0.1) is 0 Å². The molecule has 17 heavy (non-hydrogen) atoms. The molecule has 0 unspecified atom stereocenters. The van der Waals surface area contributed by atoms with Gasteiger partial charge in [-0.15, -0.1) is 0 Å². The summed E-state index contributed by atoms with van der Waals surface area (Å²) in [5, 5.41) is 13.8. The molecule has 0 aromatic rings. The van der Waals surface area contributed by atoms with E-state index in [1.807, 2.05) is 0 Å². The van der Waals surface area contributed by atoms with Gasteiger partial charge in [-0.2, -0.15) is 12.6 Å². The van der Waals surface area contributed by atoms with Crippen LogP contribution in [0.4, 0.5) is 0 Å². The number of hydrogen-bond donors (Lipinski definition) is 5. The van der Waals surface area contributed by atoms with E-state index in [0.717, 1.165) is 64.9 Å². The van der Waals surface area contributed by atoms with Crippen LogP contribution in [0.25, 0.3) is 0 Å². The topological polar surface area (TPSA) is 51.4 Å². The number of rotatable bonds is 2. The minimum atomic E-state index is 0.903. The summed E-state index contributed by atoms with van der Waals surface area (Å²) in [6.07, 6.45) is 1.20. The summed E-state index contributed by atoms with van der Waals surface area (Å²) in [4.78, 5) is 2.35. The minimum absolute atomic E-state index is 0.903. The fourth-order valence-electron chi connectivity index (χ4n) is 1.77. The monoisotopic (exact) mass is 261 g/mol. The quantitative estimate of drug-likeness (QED) is 0.409. The van der Waals surface area contributed by atoms with Crippen molar-refractivity contribution in [1.29, 1.82) is 0 Å². The van der Waals surface area contributed by atoms with Crippen LogP contribution in [0.5, 0.6) is 0 Å². The summed E-state index contributed by atoms with van der Waals surface area (Å²) in [5.74, 6) is 0.903. The first-order chi connectivity index (χ1) is 8.43. The van der Waals surface area contributed by atoms with Crippen LogP contribution < -0.4 is 21.3 Å². The van der Waals surface area contributed by atoms with Crippen molar-refractivity contribution < 1.29 is 0 Å². The molecule has 6 heteroatoms. The third-order valence-corrected chi connectivity index (χ3v) is 2.95. The van der Waals surface area contributed by atoms with Gasteiger partial charge in [-0.25, -0.2) is 0 Å². The molecule has 1 aliphatic rings. The van der Waals surface area contributed by atoms with Gasteiger partial charge in [0.15, 0.2) is 0 Å². The fraction of sp³-hybridized carbons (Fsp3) is 1.00. The average Bonchev–Trinajstić information content (AvgIpc) is 2.34. The first-order valence-electron chi connectivity index (χ1n) is 6.59. The maximum Gasteiger partial charge on any atom is 0.0493 e. The highest BCUT2D eigenvalue weighted by Gasteiger charge is 2.02. The van der Waals surface area contributed by atoms with Gasteiger partial charge in [-0.05, 0) is 19.5 Å². The van der Waals surface area contributed by atoms with Crippen molar-refractivity contribution in [3.8, 4) is 0 Å². The highest BCUT2D eigenvalue weighted by molar-refractivity contribution is 7.80. The minimum Gasteiger partial charge on any atom is -0.315 e.